The number of aliphatic hydroxyl groups excluding tert-OH is 1. The molecule has 2 unspecified atom stereocenters. The van der Waals surface area contributed by atoms with Crippen molar-refractivity contribution in [1.29, 1.82) is 0 Å². The van der Waals surface area contributed by atoms with Crippen LogP contribution in [-0.2, 0) is 32.7 Å². The van der Waals surface area contributed by atoms with Crippen LogP contribution in [-0.4, -0.2) is 81.2 Å². The second kappa shape index (κ2) is 39.3. The highest BCUT2D eigenvalue weighted by molar-refractivity contribution is 7.45. The maximum absolute atomic E-state index is 12.7. The summed E-state index contributed by atoms with van der Waals surface area (Å²) < 4.78 is 33.8. The molecule has 0 saturated heterocycles. The number of hydrogen-bond acceptors (Lipinski definition) is 9. The Morgan fingerprint density at radius 2 is 1.19 bits per heavy atom. The molecular weight excluding hydrogens is 766 g/mol. The Bertz CT molecular complexity index is 1300. The number of allylic oxidation sites excluding steroid dienone is 13. The predicted octanol–water partition coefficient (Wildman–Crippen LogP) is 11.1. The van der Waals surface area contributed by atoms with E-state index in [1.54, 1.807) is 6.08 Å². The Morgan fingerprint density at radius 3 is 1.81 bits per heavy atom. The lowest BCUT2D eigenvalue weighted by molar-refractivity contribution is -0.870. The van der Waals surface area contributed by atoms with E-state index in [0.29, 0.717) is 30.3 Å². The van der Waals surface area contributed by atoms with Crippen LogP contribution in [0.3, 0.4) is 0 Å². The average molecular weight is 848 g/mol. The van der Waals surface area contributed by atoms with Gasteiger partial charge in [-0.3, -0.25) is 14.2 Å². The summed E-state index contributed by atoms with van der Waals surface area (Å²) >= 11 is 0. The van der Waals surface area contributed by atoms with Gasteiger partial charge in [-0.15, -0.1) is 0 Å². The molecule has 0 aliphatic carbocycles. The van der Waals surface area contributed by atoms with Crippen LogP contribution in [0, 0.1) is 0 Å². The van der Waals surface area contributed by atoms with Gasteiger partial charge in [0.25, 0.3) is 7.82 Å². The van der Waals surface area contributed by atoms with E-state index < -0.39 is 38.6 Å². The van der Waals surface area contributed by atoms with E-state index in [2.05, 4.69) is 74.6 Å². The van der Waals surface area contributed by atoms with Gasteiger partial charge in [0, 0.05) is 12.8 Å². The molecule has 0 heterocycles. The zero-order valence-electron chi connectivity index (χ0n) is 37.5. The van der Waals surface area contributed by atoms with E-state index in [1.165, 1.54) is 25.7 Å². The number of quaternary nitrogens is 1. The second-order valence-electron chi connectivity index (χ2n) is 15.9. The lowest BCUT2D eigenvalue weighted by Gasteiger charge is -2.28. The van der Waals surface area contributed by atoms with Crippen molar-refractivity contribution >= 4 is 19.8 Å². The van der Waals surface area contributed by atoms with Crippen molar-refractivity contribution < 1.29 is 47.2 Å². The highest BCUT2D eigenvalue weighted by Crippen LogP contribution is 2.38. The molecule has 0 radical (unpaired) electrons. The number of likely N-dealkylation sites (N-methyl/N-ethyl adjacent to an activating group) is 1. The summed E-state index contributed by atoms with van der Waals surface area (Å²) in [5, 5.41) is 10.2. The summed E-state index contributed by atoms with van der Waals surface area (Å²) in [6.07, 6.45) is 46.3. The fraction of sp³-hybridized carbons (Fsp3) is 0.667. The molecule has 0 bridgehead atoms. The first-order valence-electron chi connectivity index (χ1n) is 22.4. The summed E-state index contributed by atoms with van der Waals surface area (Å²) in [5.41, 5.74) is 0. The number of carbonyl (C=O) groups is 2. The van der Waals surface area contributed by atoms with Crippen LogP contribution in [0.2, 0.25) is 0 Å². The normalized spacial score (nSPS) is 14.9. The molecule has 0 aromatic carbocycles. The molecule has 338 valence electrons. The number of rotatable bonds is 39. The first-order valence-corrected chi connectivity index (χ1v) is 23.9. The number of carbonyl (C=O) groups excluding carboxylic acids is 2. The molecule has 0 aliphatic heterocycles. The van der Waals surface area contributed by atoms with E-state index in [1.807, 2.05) is 39.4 Å². The van der Waals surface area contributed by atoms with Gasteiger partial charge in [0.2, 0.25) is 0 Å². The quantitative estimate of drug-likeness (QED) is 0.0160. The van der Waals surface area contributed by atoms with Crippen molar-refractivity contribution in [1.82, 2.24) is 0 Å². The monoisotopic (exact) mass is 848 g/mol. The van der Waals surface area contributed by atoms with Crippen molar-refractivity contribution in [3.05, 3.63) is 85.1 Å². The summed E-state index contributed by atoms with van der Waals surface area (Å²) in [6, 6.07) is 0. The number of nitrogens with zero attached hydrogens (tertiary/aromatic N) is 1. The number of ether oxygens (including phenoxy) is 2. The topological polar surface area (TPSA) is 131 Å². The van der Waals surface area contributed by atoms with Crippen molar-refractivity contribution in [2.75, 3.05) is 47.5 Å². The first-order chi connectivity index (χ1) is 28.4. The van der Waals surface area contributed by atoms with Crippen LogP contribution in [0.15, 0.2) is 85.1 Å². The fourth-order valence-electron chi connectivity index (χ4n) is 5.47. The Labute approximate surface area is 359 Å². The molecule has 0 aliphatic rings. The highest BCUT2D eigenvalue weighted by atomic mass is 31.2. The summed E-state index contributed by atoms with van der Waals surface area (Å²) in [7, 11) is 1.07. The zero-order valence-corrected chi connectivity index (χ0v) is 38.4. The van der Waals surface area contributed by atoms with Gasteiger partial charge in [0.05, 0.1) is 33.9 Å². The average Bonchev–Trinajstić information content (AvgIpc) is 3.18. The fourth-order valence-corrected chi connectivity index (χ4v) is 6.20. The van der Waals surface area contributed by atoms with Gasteiger partial charge in [0.15, 0.2) is 6.10 Å². The standard InChI is InChI=1S/C48H82NO9P/c1-6-8-10-12-14-15-16-17-18-19-20-21-22-23-24-25-27-31-35-39-47(51)55-43-46(44-57-59(53,54)56-42-41-49(3,4)5)58-48(52)40-36-32-28-30-34-38-45(50)37-33-29-26-13-11-9-7-2/h9,11,14-15,17-18,20-21,23-24,26,29,33,37,45-46,50H,6-8,10,12-13,16,19,22,25,27-28,30-32,34-36,38-44H2,1-5H3/b11-9+,15-14-,18-17-,21-20-,24-23-,29-26+,37-33+/t45?,46-/m1/s1. The molecule has 0 fully saturated rings. The van der Waals surface area contributed by atoms with Crippen molar-refractivity contribution in [2.24, 2.45) is 0 Å². The van der Waals surface area contributed by atoms with Gasteiger partial charge in [-0.25, -0.2) is 0 Å². The highest BCUT2D eigenvalue weighted by Gasteiger charge is 2.21. The first kappa shape index (κ1) is 56.1. The van der Waals surface area contributed by atoms with Crippen molar-refractivity contribution in [2.45, 2.75) is 161 Å². The zero-order chi connectivity index (χ0) is 43.7. The third kappa shape index (κ3) is 43.1. The minimum absolute atomic E-state index is 0.0592. The van der Waals surface area contributed by atoms with Crippen LogP contribution in [0.4, 0.5) is 0 Å². The number of phosphoric ester groups is 1. The van der Waals surface area contributed by atoms with E-state index in [4.69, 9.17) is 18.5 Å². The van der Waals surface area contributed by atoms with Gasteiger partial charge in [0.1, 0.15) is 19.8 Å². The van der Waals surface area contributed by atoms with Crippen molar-refractivity contribution in [3.63, 3.8) is 0 Å². The SMILES string of the molecule is CC/C=C/C/C=C/C=C/C(O)CCCCCCCC(=O)O[C@H](COC(=O)CCCCC/C=C\C/C=C\C/C=C\C/C=C\CCCCC)COP(=O)([O-])OCC[N+](C)(C)C. The van der Waals surface area contributed by atoms with E-state index in [9.17, 15) is 24.2 Å². The summed E-state index contributed by atoms with van der Waals surface area (Å²) in [5.74, 6) is -0.956. The number of phosphoric acid groups is 1. The molecule has 11 heteroatoms. The molecule has 0 rings (SSSR count). The Kier molecular flexibility index (Phi) is 37.4. The summed E-state index contributed by atoms with van der Waals surface area (Å²) in [4.78, 5) is 37.6. The van der Waals surface area contributed by atoms with Gasteiger partial charge in [-0.1, -0.05) is 144 Å². The molecular formula is C48H82NO9P. The molecule has 10 nitrogen and oxygen atoms in total. The van der Waals surface area contributed by atoms with E-state index in [0.717, 1.165) is 77.0 Å². The Hall–Kier alpha value is -2.85. The molecule has 0 aromatic rings. The van der Waals surface area contributed by atoms with E-state index >= 15 is 0 Å². The number of hydrogen-bond donors (Lipinski definition) is 1. The third-order valence-electron chi connectivity index (χ3n) is 9.00. The molecule has 1 N–H and O–H groups in total. The smallest absolute Gasteiger partial charge is 0.306 e. The third-order valence-corrected chi connectivity index (χ3v) is 9.97. The molecule has 0 amide bonds. The molecule has 0 aromatic heterocycles. The van der Waals surface area contributed by atoms with Crippen LogP contribution < -0.4 is 4.89 Å². The largest absolute Gasteiger partial charge is 0.756 e. The van der Waals surface area contributed by atoms with Crippen LogP contribution in [0.25, 0.3) is 0 Å². The van der Waals surface area contributed by atoms with Crippen LogP contribution in [0.1, 0.15) is 149 Å². The minimum atomic E-state index is -4.66. The number of aliphatic hydroxyl groups is 1. The molecule has 3 atom stereocenters. The van der Waals surface area contributed by atoms with E-state index in [-0.39, 0.29) is 26.1 Å². The van der Waals surface area contributed by atoms with Crippen LogP contribution in [0.5, 0.6) is 0 Å². The predicted molar refractivity (Wildman–Crippen MR) is 242 cm³/mol. The second-order valence-corrected chi connectivity index (χ2v) is 17.3. The maximum Gasteiger partial charge on any atom is 0.306 e. The lowest BCUT2D eigenvalue weighted by atomic mass is 10.1. The van der Waals surface area contributed by atoms with Gasteiger partial charge < -0.3 is 33.0 Å². The summed E-state index contributed by atoms with van der Waals surface area (Å²) in [6.45, 7) is 3.89. The Morgan fingerprint density at radius 1 is 0.644 bits per heavy atom. The van der Waals surface area contributed by atoms with Gasteiger partial charge in [-0.05, 0) is 77.0 Å². The minimum Gasteiger partial charge on any atom is -0.756 e. The number of esters is 2. The lowest BCUT2D eigenvalue weighted by Crippen LogP contribution is -2.37. The molecule has 0 saturated carbocycles. The van der Waals surface area contributed by atoms with Crippen LogP contribution >= 0.6 is 7.82 Å². The molecule has 59 heavy (non-hydrogen) atoms. The molecule has 0 spiro atoms. The van der Waals surface area contributed by atoms with Gasteiger partial charge in [-0.2, -0.15) is 0 Å². The maximum atomic E-state index is 12.7. The number of unbranched alkanes of at least 4 members (excludes halogenated alkanes) is 10. The van der Waals surface area contributed by atoms with Gasteiger partial charge >= 0.3 is 11.9 Å². The Balaban J connectivity index is 4.51. The van der Waals surface area contributed by atoms with Crippen molar-refractivity contribution in [3.8, 4) is 0 Å².